The van der Waals surface area contributed by atoms with Crippen molar-refractivity contribution in [2.24, 2.45) is 5.92 Å². The lowest BCUT2D eigenvalue weighted by Crippen LogP contribution is -2.17. The van der Waals surface area contributed by atoms with Crippen molar-refractivity contribution < 1.29 is 19.0 Å². The molecule has 0 saturated heterocycles. The van der Waals surface area contributed by atoms with Crippen LogP contribution in [0, 0.1) is 5.92 Å². The molecule has 0 aromatic heterocycles. The van der Waals surface area contributed by atoms with Crippen LogP contribution >= 0.6 is 0 Å². The summed E-state index contributed by atoms with van der Waals surface area (Å²) in [6.45, 7) is 15.4. The second-order valence-electron chi connectivity index (χ2n) is 6.81. The summed E-state index contributed by atoms with van der Waals surface area (Å²) in [5, 5.41) is 0. The third kappa shape index (κ3) is 5.77. The first kappa shape index (κ1) is 19.3. The van der Waals surface area contributed by atoms with Gasteiger partial charge < -0.3 is 14.2 Å². The summed E-state index contributed by atoms with van der Waals surface area (Å²) < 4.78 is 17.5. The Morgan fingerprint density at radius 1 is 0.739 bits per heavy atom. The highest BCUT2D eigenvalue weighted by Crippen LogP contribution is 2.37. The number of ether oxygens (including phenoxy) is 3. The van der Waals surface area contributed by atoms with Crippen LogP contribution in [-0.2, 0) is 0 Å². The molecule has 0 unspecified atom stereocenters. The third-order valence-corrected chi connectivity index (χ3v) is 2.91. The van der Waals surface area contributed by atoms with Crippen molar-refractivity contribution >= 4 is 5.78 Å². The predicted molar refractivity (Wildman–Crippen MR) is 92.9 cm³/mol. The number of hydrogen-bond donors (Lipinski definition) is 0. The van der Waals surface area contributed by atoms with E-state index in [0.29, 0.717) is 22.8 Å². The Hall–Kier alpha value is -1.71. The fraction of sp³-hybridized carbons (Fsp3) is 0.632. The van der Waals surface area contributed by atoms with Crippen LogP contribution in [-0.4, -0.2) is 24.1 Å². The molecular formula is C19H30O4. The van der Waals surface area contributed by atoms with E-state index in [1.807, 2.05) is 55.4 Å². The second-order valence-corrected chi connectivity index (χ2v) is 6.81. The summed E-state index contributed by atoms with van der Waals surface area (Å²) >= 11 is 0. The summed E-state index contributed by atoms with van der Waals surface area (Å²) in [6, 6.07) is 3.56. The van der Waals surface area contributed by atoms with Gasteiger partial charge in [-0.3, -0.25) is 4.79 Å². The molecule has 0 saturated carbocycles. The SMILES string of the molecule is CC(C)Oc1cc(OC(C)C)c(C(=O)C(C)C)c(OC(C)C)c1. The van der Waals surface area contributed by atoms with Gasteiger partial charge in [0.2, 0.25) is 0 Å². The van der Waals surface area contributed by atoms with E-state index in [4.69, 9.17) is 14.2 Å². The van der Waals surface area contributed by atoms with Crippen molar-refractivity contribution in [3.8, 4) is 17.2 Å². The molecular weight excluding hydrogens is 292 g/mol. The van der Waals surface area contributed by atoms with Gasteiger partial charge in [-0.25, -0.2) is 0 Å². The zero-order valence-electron chi connectivity index (χ0n) is 15.6. The van der Waals surface area contributed by atoms with E-state index in [1.54, 1.807) is 12.1 Å². The van der Waals surface area contributed by atoms with E-state index >= 15 is 0 Å². The van der Waals surface area contributed by atoms with E-state index in [1.165, 1.54) is 0 Å². The van der Waals surface area contributed by atoms with Gasteiger partial charge in [0.05, 0.1) is 18.3 Å². The summed E-state index contributed by atoms with van der Waals surface area (Å²) in [5.74, 6) is 1.55. The second kappa shape index (κ2) is 8.23. The molecule has 4 nitrogen and oxygen atoms in total. The molecule has 0 radical (unpaired) electrons. The van der Waals surface area contributed by atoms with Gasteiger partial charge in [0, 0.05) is 18.1 Å². The molecule has 1 aromatic rings. The number of benzene rings is 1. The summed E-state index contributed by atoms with van der Waals surface area (Å²) in [5.41, 5.74) is 0.499. The van der Waals surface area contributed by atoms with Gasteiger partial charge in [0.1, 0.15) is 22.8 Å². The van der Waals surface area contributed by atoms with Crippen LogP contribution in [0.5, 0.6) is 17.2 Å². The van der Waals surface area contributed by atoms with Gasteiger partial charge in [-0.1, -0.05) is 13.8 Å². The Kier molecular flexibility index (Phi) is 6.92. The van der Waals surface area contributed by atoms with Crippen molar-refractivity contribution in [1.82, 2.24) is 0 Å². The smallest absolute Gasteiger partial charge is 0.172 e. The third-order valence-electron chi connectivity index (χ3n) is 2.91. The van der Waals surface area contributed by atoms with Crippen molar-refractivity contribution in [2.75, 3.05) is 0 Å². The average molecular weight is 322 g/mol. The van der Waals surface area contributed by atoms with Gasteiger partial charge in [-0.05, 0) is 41.5 Å². The molecule has 0 aliphatic rings. The Bertz CT molecular complexity index is 499. The Morgan fingerprint density at radius 3 is 1.43 bits per heavy atom. The molecule has 0 amide bonds. The first-order chi connectivity index (χ1) is 10.6. The number of carbonyl (C=O) groups is 1. The minimum Gasteiger partial charge on any atom is -0.491 e. The van der Waals surface area contributed by atoms with Gasteiger partial charge >= 0.3 is 0 Å². The number of ketones is 1. The zero-order chi connectivity index (χ0) is 17.7. The highest BCUT2D eigenvalue weighted by atomic mass is 16.5. The van der Waals surface area contributed by atoms with Crippen molar-refractivity contribution in [1.29, 1.82) is 0 Å². The maximum absolute atomic E-state index is 12.7. The standard InChI is InChI=1S/C19H30O4/c1-11(2)19(20)18-16(22-13(5)6)9-15(21-12(3)4)10-17(18)23-14(7)8/h9-14H,1-8H3. The van der Waals surface area contributed by atoms with Crippen molar-refractivity contribution in [3.63, 3.8) is 0 Å². The van der Waals surface area contributed by atoms with E-state index in [9.17, 15) is 4.79 Å². The minimum absolute atomic E-state index is 0.00685. The molecule has 130 valence electrons. The molecule has 4 heteroatoms. The van der Waals surface area contributed by atoms with Crippen molar-refractivity contribution in [2.45, 2.75) is 73.7 Å². The van der Waals surface area contributed by atoms with E-state index in [-0.39, 0.29) is 30.0 Å². The molecule has 0 N–H and O–H groups in total. The highest BCUT2D eigenvalue weighted by Gasteiger charge is 2.24. The Labute approximate surface area is 140 Å². The molecule has 0 fully saturated rings. The number of rotatable bonds is 8. The predicted octanol–water partition coefficient (Wildman–Crippen LogP) is 4.89. The van der Waals surface area contributed by atoms with E-state index in [0.717, 1.165) is 0 Å². The summed E-state index contributed by atoms with van der Waals surface area (Å²) in [4.78, 5) is 12.7. The number of hydrogen-bond acceptors (Lipinski definition) is 4. The quantitative estimate of drug-likeness (QED) is 0.639. The van der Waals surface area contributed by atoms with Gasteiger partial charge in [0.25, 0.3) is 0 Å². The fourth-order valence-electron chi connectivity index (χ4n) is 2.13. The lowest BCUT2D eigenvalue weighted by molar-refractivity contribution is 0.0926. The van der Waals surface area contributed by atoms with E-state index < -0.39 is 0 Å². The maximum atomic E-state index is 12.7. The van der Waals surface area contributed by atoms with E-state index in [2.05, 4.69) is 0 Å². The Balaban J connectivity index is 3.48. The van der Waals surface area contributed by atoms with Crippen LogP contribution in [0.1, 0.15) is 65.7 Å². The molecule has 23 heavy (non-hydrogen) atoms. The normalized spacial score (nSPS) is 11.5. The van der Waals surface area contributed by atoms with Crippen LogP contribution in [0.2, 0.25) is 0 Å². The topological polar surface area (TPSA) is 44.8 Å². The van der Waals surface area contributed by atoms with Crippen LogP contribution in [0.4, 0.5) is 0 Å². The van der Waals surface area contributed by atoms with Crippen LogP contribution in [0.15, 0.2) is 12.1 Å². The monoisotopic (exact) mass is 322 g/mol. The molecule has 1 rings (SSSR count). The average Bonchev–Trinajstić information content (AvgIpc) is 2.35. The molecule has 1 aromatic carbocycles. The van der Waals surface area contributed by atoms with Crippen LogP contribution < -0.4 is 14.2 Å². The van der Waals surface area contributed by atoms with Crippen molar-refractivity contribution in [3.05, 3.63) is 17.7 Å². The summed E-state index contributed by atoms with van der Waals surface area (Å²) in [6.07, 6.45) is -0.0646. The van der Waals surface area contributed by atoms with Crippen LogP contribution in [0.25, 0.3) is 0 Å². The number of Topliss-reactive ketones (excluding diaryl/α,β-unsaturated/α-hetero) is 1. The van der Waals surface area contributed by atoms with Gasteiger partial charge in [-0.15, -0.1) is 0 Å². The first-order valence-electron chi connectivity index (χ1n) is 8.34. The van der Waals surface area contributed by atoms with Gasteiger partial charge in [-0.2, -0.15) is 0 Å². The number of carbonyl (C=O) groups excluding carboxylic acids is 1. The molecule has 0 atom stereocenters. The summed E-state index contributed by atoms with van der Waals surface area (Å²) in [7, 11) is 0. The Morgan fingerprint density at radius 2 is 1.13 bits per heavy atom. The molecule has 0 spiro atoms. The largest absolute Gasteiger partial charge is 0.491 e. The molecule has 0 bridgehead atoms. The molecule has 0 aliphatic heterocycles. The van der Waals surface area contributed by atoms with Gasteiger partial charge in [0.15, 0.2) is 5.78 Å². The zero-order valence-corrected chi connectivity index (χ0v) is 15.6. The van der Waals surface area contributed by atoms with Crippen LogP contribution in [0.3, 0.4) is 0 Å². The minimum atomic E-state index is -0.143. The molecule has 0 aliphatic carbocycles. The lowest BCUT2D eigenvalue weighted by atomic mass is 9.98. The highest BCUT2D eigenvalue weighted by molar-refractivity contribution is 6.02. The lowest BCUT2D eigenvalue weighted by Gasteiger charge is -2.22. The molecule has 0 heterocycles. The maximum Gasteiger partial charge on any atom is 0.172 e. The first-order valence-corrected chi connectivity index (χ1v) is 8.34. The fourth-order valence-corrected chi connectivity index (χ4v) is 2.13.